The Hall–Kier alpha value is -3.83. The summed E-state index contributed by atoms with van der Waals surface area (Å²) in [5.41, 5.74) is 2.41. The van der Waals surface area contributed by atoms with Gasteiger partial charge in [-0.2, -0.15) is 0 Å². The van der Waals surface area contributed by atoms with Gasteiger partial charge >= 0.3 is 11.3 Å². The molecule has 0 spiro atoms. The molecule has 3 heterocycles. The normalized spacial score (nSPS) is 13.1. The monoisotopic (exact) mass is 427 g/mol. The van der Waals surface area contributed by atoms with E-state index in [1.54, 1.807) is 24.3 Å². The summed E-state index contributed by atoms with van der Waals surface area (Å²) in [4.78, 5) is 26.4. The fourth-order valence-corrected chi connectivity index (χ4v) is 4.66. The summed E-state index contributed by atoms with van der Waals surface area (Å²) in [5.74, 6) is -0.735. The van der Waals surface area contributed by atoms with Crippen LogP contribution in [0, 0.1) is 0 Å². The van der Waals surface area contributed by atoms with Crippen molar-refractivity contribution in [1.82, 2.24) is 0 Å². The van der Waals surface area contributed by atoms with Crippen molar-refractivity contribution in [2.75, 3.05) is 5.32 Å². The van der Waals surface area contributed by atoms with Crippen molar-refractivity contribution in [3.63, 3.8) is 0 Å². The lowest BCUT2D eigenvalue weighted by Gasteiger charge is -2.29. The third-order valence-corrected chi connectivity index (χ3v) is 6.08. The summed E-state index contributed by atoms with van der Waals surface area (Å²) in [6.07, 6.45) is 0. The second kappa shape index (κ2) is 6.59. The van der Waals surface area contributed by atoms with Gasteiger partial charge in [-0.05, 0) is 35.9 Å². The molecule has 2 aromatic heterocycles. The molecule has 0 fully saturated rings. The summed E-state index contributed by atoms with van der Waals surface area (Å²) in [6, 6.07) is 21.8. The number of hydrogen-bond donors (Lipinski definition) is 1. The van der Waals surface area contributed by atoms with Gasteiger partial charge < -0.3 is 14.2 Å². The Bertz CT molecular complexity index is 1530. The molecule has 5 nitrogen and oxygen atoms in total. The highest BCUT2D eigenvalue weighted by atomic mass is 35.5. The van der Waals surface area contributed by atoms with Gasteiger partial charge in [0.05, 0.1) is 28.4 Å². The van der Waals surface area contributed by atoms with E-state index in [-0.39, 0.29) is 0 Å². The van der Waals surface area contributed by atoms with E-state index in [9.17, 15) is 9.59 Å². The lowest BCUT2D eigenvalue weighted by molar-refractivity contribution is 0.535. The van der Waals surface area contributed by atoms with Crippen LogP contribution < -0.4 is 16.6 Å². The maximum absolute atomic E-state index is 13.2. The van der Waals surface area contributed by atoms with Crippen molar-refractivity contribution in [2.45, 2.75) is 5.92 Å². The number of benzene rings is 3. The minimum atomic E-state index is -0.735. The zero-order valence-corrected chi connectivity index (χ0v) is 16.8. The molecular formula is C25H14ClNO4. The fourth-order valence-electron chi connectivity index (χ4n) is 4.41. The van der Waals surface area contributed by atoms with Gasteiger partial charge in [0, 0.05) is 15.8 Å². The molecule has 3 aromatic carbocycles. The van der Waals surface area contributed by atoms with E-state index in [1.165, 1.54) is 0 Å². The Labute approximate surface area is 180 Å². The lowest BCUT2D eigenvalue weighted by atomic mass is 9.81. The predicted octanol–water partition coefficient (Wildman–Crippen LogP) is 5.79. The molecule has 31 heavy (non-hydrogen) atoms. The molecule has 0 saturated carbocycles. The highest BCUT2D eigenvalue weighted by molar-refractivity contribution is 6.31. The molecule has 1 N–H and O–H groups in total. The van der Waals surface area contributed by atoms with Crippen LogP contribution in [0.2, 0.25) is 5.02 Å². The van der Waals surface area contributed by atoms with E-state index in [0.29, 0.717) is 44.3 Å². The first-order chi connectivity index (χ1) is 15.1. The summed E-state index contributed by atoms with van der Waals surface area (Å²) in [5, 5.41) is 5.31. The predicted molar refractivity (Wildman–Crippen MR) is 121 cm³/mol. The van der Waals surface area contributed by atoms with Crippen molar-refractivity contribution in [2.24, 2.45) is 0 Å². The zero-order chi connectivity index (χ0) is 21.1. The second-order valence-electron chi connectivity index (χ2n) is 7.43. The number of hydrogen-bond acceptors (Lipinski definition) is 5. The van der Waals surface area contributed by atoms with Crippen LogP contribution in [0.25, 0.3) is 21.9 Å². The molecule has 0 unspecified atom stereocenters. The van der Waals surface area contributed by atoms with Crippen LogP contribution in [0.3, 0.4) is 0 Å². The number of nitrogens with one attached hydrogen (secondary N) is 1. The van der Waals surface area contributed by atoms with Crippen molar-refractivity contribution >= 4 is 44.9 Å². The van der Waals surface area contributed by atoms with Gasteiger partial charge in [0.1, 0.15) is 11.2 Å². The first-order valence-corrected chi connectivity index (χ1v) is 10.1. The van der Waals surface area contributed by atoms with Crippen LogP contribution in [0.15, 0.2) is 91.2 Å². The molecule has 6 heteroatoms. The van der Waals surface area contributed by atoms with E-state index in [2.05, 4.69) is 5.32 Å². The van der Waals surface area contributed by atoms with E-state index in [1.807, 2.05) is 48.5 Å². The maximum atomic E-state index is 13.2. The molecule has 0 atom stereocenters. The van der Waals surface area contributed by atoms with Crippen molar-refractivity contribution in [3.8, 4) is 0 Å². The summed E-state index contributed by atoms with van der Waals surface area (Å²) < 4.78 is 11.2. The minimum absolute atomic E-state index is 0.335. The Balaban J connectivity index is 1.82. The molecule has 0 amide bonds. The van der Waals surface area contributed by atoms with E-state index in [0.717, 1.165) is 10.8 Å². The summed E-state index contributed by atoms with van der Waals surface area (Å²) in [7, 11) is 0. The Kier molecular flexibility index (Phi) is 3.82. The molecule has 0 bridgehead atoms. The largest absolute Gasteiger partial charge is 0.422 e. The molecule has 1 aliphatic rings. The molecule has 1 aliphatic heterocycles. The van der Waals surface area contributed by atoms with Crippen LogP contribution in [-0.4, -0.2) is 0 Å². The quantitative estimate of drug-likeness (QED) is 0.336. The number of anilines is 2. The van der Waals surface area contributed by atoms with Gasteiger partial charge in [-0.3, -0.25) is 0 Å². The average Bonchev–Trinajstić information content (AvgIpc) is 2.78. The van der Waals surface area contributed by atoms with Gasteiger partial charge in [0.25, 0.3) is 0 Å². The van der Waals surface area contributed by atoms with Crippen LogP contribution in [0.1, 0.15) is 22.6 Å². The molecule has 0 saturated heterocycles. The molecule has 150 valence electrons. The smallest absolute Gasteiger partial charge is 0.342 e. The summed E-state index contributed by atoms with van der Waals surface area (Å²) >= 11 is 6.55. The average molecular weight is 428 g/mol. The third kappa shape index (κ3) is 2.57. The van der Waals surface area contributed by atoms with Gasteiger partial charge in [0.15, 0.2) is 0 Å². The van der Waals surface area contributed by atoms with E-state index in [4.69, 9.17) is 20.4 Å². The SMILES string of the molecule is O=c1oc2ccccc2c2c1C(c1ccccc1Cl)c1c(c3ccccc3oc1=O)N2. The highest BCUT2D eigenvalue weighted by Gasteiger charge is 2.37. The number of rotatable bonds is 1. The Morgan fingerprint density at radius 2 is 1.16 bits per heavy atom. The van der Waals surface area contributed by atoms with Crippen LogP contribution in [0.5, 0.6) is 0 Å². The second-order valence-corrected chi connectivity index (χ2v) is 7.84. The Morgan fingerprint density at radius 1 is 0.677 bits per heavy atom. The van der Waals surface area contributed by atoms with Crippen LogP contribution in [0.4, 0.5) is 11.4 Å². The lowest BCUT2D eigenvalue weighted by Crippen LogP contribution is -2.27. The topological polar surface area (TPSA) is 72.5 Å². The highest BCUT2D eigenvalue weighted by Crippen LogP contribution is 2.47. The summed E-state index contributed by atoms with van der Waals surface area (Å²) in [6.45, 7) is 0. The van der Waals surface area contributed by atoms with Gasteiger partial charge in [-0.15, -0.1) is 0 Å². The first kappa shape index (κ1) is 18.0. The van der Waals surface area contributed by atoms with E-state index < -0.39 is 17.2 Å². The maximum Gasteiger partial charge on any atom is 0.342 e. The first-order valence-electron chi connectivity index (χ1n) is 9.76. The number of fused-ring (bicyclic) bond motifs is 6. The van der Waals surface area contributed by atoms with Crippen LogP contribution in [-0.2, 0) is 0 Å². The standard InChI is InChI=1S/C25H14ClNO4/c26-16-10-4-1-7-13(16)19-20-22(14-8-2-5-11-17(14)30-24(20)28)27-23-15-9-3-6-12-18(15)31-25(29)21(19)23/h1-12,19,27H. The molecule has 6 rings (SSSR count). The van der Waals surface area contributed by atoms with Crippen molar-refractivity contribution in [3.05, 3.63) is 115 Å². The third-order valence-electron chi connectivity index (χ3n) is 5.74. The van der Waals surface area contributed by atoms with Gasteiger partial charge in [-0.25, -0.2) is 9.59 Å². The fraction of sp³-hybridized carbons (Fsp3) is 0.0400. The zero-order valence-electron chi connectivity index (χ0n) is 16.0. The molecule has 5 aromatic rings. The molecular weight excluding hydrogens is 414 g/mol. The minimum Gasteiger partial charge on any atom is -0.422 e. The van der Waals surface area contributed by atoms with Crippen LogP contribution >= 0.6 is 11.6 Å². The molecule has 0 radical (unpaired) electrons. The van der Waals surface area contributed by atoms with Gasteiger partial charge in [-0.1, -0.05) is 54.1 Å². The van der Waals surface area contributed by atoms with Crippen molar-refractivity contribution < 1.29 is 8.83 Å². The van der Waals surface area contributed by atoms with Crippen molar-refractivity contribution in [1.29, 1.82) is 0 Å². The Morgan fingerprint density at radius 3 is 1.71 bits per heavy atom. The number of halogens is 1. The van der Waals surface area contributed by atoms with E-state index >= 15 is 0 Å². The molecule has 0 aliphatic carbocycles. The number of para-hydroxylation sites is 2. The van der Waals surface area contributed by atoms with Gasteiger partial charge in [0.2, 0.25) is 0 Å².